The number of rotatable bonds is 3. The fourth-order valence-corrected chi connectivity index (χ4v) is 1.36. The van der Waals surface area contributed by atoms with Crippen molar-refractivity contribution in [1.82, 2.24) is 0 Å². The van der Waals surface area contributed by atoms with Gasteiger partial charge < -0.3 is 18.8 Å². The largest absolute Gasteiger partial charge is 0.770 e. The van der Waals surface area contributed by atoms with Crippen LogP contribution in [0.2, 0.25) is 0 Å². The Morgan fingerprint density at radius 1 is 1.19 bits per heavy atom. The molecule has 1 aromatic rings. The van der Waals surface area contributed by atoms with Gasteiger partial charge in [0.2, 0.25) is 0 Å². The van der Waals surface area contributed by atoms with Gasteiger partial charge in [-0.25, -0.2) is 0 Å². The Labute approximate surface area is 102 Å². The average molecular weight is 263 g/mol. The highest BCUT2D eigenvalue weighted by Crippen LogP contribution is 2.38. The van der Waals surface area contributed by atoms with Crippen LogP contribution in [0.1, 0.15) is 0 Å². The van der Waals surface area contributed by atoms with E-state index in [-0.39, 0.29) is 0 Å². The van der Waals surface area contributed by atoms with Crippen molar-refractivity contribution in [2.75, 3.05) is 28.3 Å². The third kappa shape index (κ3) is 8.83. The highest BCUT2D eigenvalue weighted by molar-refractivity contribution is 8.06. The molecule has 0 fully saturated rings. The standard InChI is InChI=1S/C7H9O3PS.C3H9N/c1-9-11(8,12)10-7-5-3-2-4-6-7;1-4(2)3/h2-6H,1H3,(H,8,12);1-3H3. The molecule has 0 saturated carbocycles. The Morgan fingerprint density at radius 3 is 2.00 bits per heavy atom. The minimum atomic E-state index is -3.31. The Bertz CT molecular complexity index is 329. The Morgan fingerprint density at radius 2 is 1.62 bits per heavy atom. The summed E-state index contributed by atoms with van der Waals surface area (Å²) < 4.78 is 9.39. The summed E-state index contributed by atoms with van der Waals surface area (Å²) in [6.45, 7) is -3.31. The molecule has 0 spiro atoms. The van der Waals surface area contributed by atoms with Crippen molar-refractivity contribution < 1.29 is 18.8 Å². The number of benzene rings is 1. The van der Waals surface area contributed by atoms with Crippen LogP contribution in [-0.2, 0) is 16.3 Å². The van der Waals surface area contributed by atoms with Crippen molar-refractivity contribution in [1.29, 1.82) is 0 Å². The first kappa shape index (κ1) is 15.6. The molecule has 0 bridgehead atoms. The van der Waals surface area contributed by atoms with E-state index in [9.17, 15) is 4.89 Å². The topological polar surface area (TPSA) is 46.0 Å². The van der Waals surface area contributed by atoms with Gasteiger partial charge in [0.25, 0.3) is 0 Å². The van der Waals surface area contributed by atoms with Gasteiger partial charge in [0, 0.05) is 7.11 Å². The fraction of sp³-hybridized carbons (Fsp3) is 0.400. The first-order valence-corrected chi connectivity index (χ1v) is 7.31. The lowest BCUT2D eigenvalue weighted by molar-refractivity contribution is -0.836. The quantitative estimate of drug-likeness (QED) is 0.783. The molecule has 1 N–H and O–H groups in total. The van der Waals surface area contributed by atoms with Crippen LogP contribution in [0.3, 0.4) is 0 Å². The molecule has 1 rings (SSSR count). The molecule has 0 radical (unpaired) electrons. The molecular weight excluding hydrogens is 245 g/mol. The summed E-state index contributed by atoms with van der Waals surface area (Å²) >= 11 is 4.54. The van der Waals surface area contributed by atoms with E-state index in [4.69, 9.17) is 4.52 Å². The number of hydrogen-bond donors (Lipinski definition) is 1. The van der Waals surface area contributed by atoms with Gasteiger partial charge >= 0.3 is 0 Å². The minimum absolute atomic E-state index is 0.456. The smallest absolute Gasteiger partial charge is 0.169 e. The zero-order chi connectivity index (χ0) is 12.6. The molecule has 0 amide bonds. The summed E-state index contributed by atoms with van der Waals surface area (Å²) in [6, 6.07) is 8.69. The monoisotopic (exact) mass is 263 g/mol. The van der Waals surface area contributed by atoms with Crippen LogP contribution in [0.5, 0.6) is 5.75 Å². The van der Waals surface area contributed by atoms with Gasteiger partial charge in [0.15, 0.2) is 6.72 Å². The Hall–Kier alpha value is -0.450. The summed E-state index contributed by atoms with van der Waals surface area (Å²) in [4.78, 5) is 12.5. The normalized spacial score (nSPS) is 13.6. The maximum atomic E-state index is 11.1. The third-order valence-corrected chi connectivity index (χ3v) is 2.74. The molecule has 1 atom stereocenters. The Kier molecular flexibility index (Phi) is 7.55. The van der Waals surface area contributed by atoms with Crippen LogP contribution in [0.25, 0.3) is 0 Å². The van der Waals surface area contributed by atoms with E-state index < -0.39 is 6.72 Å². The van der Waals surface area contributed by atoms with Crippen LogP contribution >= 0.6 is 6.72 Å². The Balaban J connectivity index is 0.000000487. The van der Waals surface area contributed by atoms with Crippen molar-refractivity contribution in [2.24, 2.45) is 0 Å². The molecule has 0 aliphatic rings. The lowest BCUT2D eigenvalue weighted by Gasteiger charge is -2.25. The first-order valence-electron chi connectivity index (χ1n) is 4.75. The lowest BCUT2D eigenvalue weighted by atomic mass is 10.3. The number of para-hydroxylation sites is 1. The molecular formula is C10H18NO3PS. The second-order valence-electron chi connectivity index (χ2n) is 3.53. The highest BCUT2D eigenvalue weighted by Gasteiger charge is 2.01. The van der Waals surface area contributed by atoms with Crippen molar-refractivity contribution in [3.63, 3.8) is 0 Å². The zero-order valence-corrected chi connectivity index (χ0v) is 11.7. The van der Waals surface area contributed by atoms with Gasteiger partial charge in [0.05, 0.1) is 21.1 Å². The molecule has 0 aromatic heterocycles. The van der Waals surface area contributed by atoms with Crippen LogP contribution < -0.4 is 14.3 Å². The maximum Gasteiger partial charge on any atom is 0.169 e. The van der Waals surface area contributed by atoms with E-state index in [2.05, 4.69) is 37.5 Å². The third-order valence-electron chi connectivity index (χ3n) is 1.18. The van der Waals surface area contributed by atoms with Crippen LogP contribution in [0, 0.1) is 0 Å². The molecule has 4 nitrogen and oxygen atoms in total. The van der Waals surface area contributed by atoms with Crippen LogP contribution in [0.15, 0.2) is 30.3 Å². The zero-order valence-electron chi connectivity index (χ0n) is 9.97. The fourth-order valence-electron chi connectivity index (χ4n) is 0.648. The molecule has 16 heavy (non-hydrogen) atoms. The maximum absolute atomic E-state index is 11.1. The average Bonchev–Trinajstić information content (AvgIpc) is 2.18. The SMILES string of the molecule is COP([O-])(=S)Oc1ccccc1.C[NH+](C)C. The second-order valence-corrected chi connectivity index (χ2v) is 6.32. The molecule has 1 unspecified atom stereocenters. The van der Waals surface area contributed by atoms with E-state index in [1.165, 1.54) is 12.0 Å². The van der Waals surface area contributed by atoms with Gasteiger partial charge in [-0.1, -0.05) is 18.2 Å². The summed E-state index contributed by atoms with van der Waals surface area (Å²) in [7, 11) is 7.51. The van der Waals surface area contributed by atoms with Crippen LogP contribution in [-0.4, -0.2) is 28.3 Å². The molecule has 1 aromatic carbocycles. The number of hydrogen-bond acceptors (Lipinski definition) is 4. The van der Waals surface area contributed by atoms with Gasteiger partial charge in [-0.3, -0.25) is 0 Å². The van der Waals surface area contributed by atoms with E-state index in [1.807, 2.05) is 6.07 Å². The first-order chi connectivity index (χ1) is 7.37. The highest BCUT2D eigenvalue weighted by atomic mass is 32.5. The van der Waals surface area contributed by atoms with Gasteiger partial charge in [-0.05, 0) is 23.9 Å². The van der Waals surface area contributed by atoms with E-state index in [0.29, 0.717) is 5.75 Å². The van der Waals surface area contributed by atoms with E-state index in [0.717, 1.165) is 0 Å². The minimum Gasteiger partial charge on any atom is -0.770 e. The summed E-state index contributed by atoms with van der Waals surface area (Å²) in [5.74, 6) is 0.456. The van der Waals surface area contributed by atoms with Gasteiger partial charge in [0.1, 0.15) is 5.75 Å². The van der Waals surface area contributed by atoms with Gasteiger partial charge in [-0.15, -0.1) is 0 Å². The van der Waals surface area contributed by atoms with Gasteiger partial charge in [-0.2, -0.15) is 0 Å². The molecule has 0 aliphatic carbocycles. The van der Waals surface area contributed by atoms with Crippen molar-refractivity contribution >= 4 is 18.5 Å². The molecule has 6 heteroatoms. The number of nitrogens with one attached hydrogen (secondary N) is 1. The van der Waals surface area contributed by atoms with Crippen molar-refractivity contribution in [2.45, 2.75) is 0 Å². The number of quaternary nitrogens is 1. The van der Waals surface area contributed by atoms with E-state index in [1.54, 1.807) is 24.3 Å². The van der Waals surface area contributed by atoms with E-state index >= 15 is 0 Å². The summed E-state index contributed by atoms with van der Waals surface area (Å²) in [5.41, 5.74) is 0. The van der Waals surface area contributed by atoms with Crippen molar-refractivity contribution in [3.05, 3.63) is 30.3 Å². The summed E-state index contributed by atoms with van der Waals surface area (Å²) in [5, 5.41) is 0. The molecule has 0 heterocycles. The predicted octanol–water partition coefficient (Wildman–Crippen LogP) is 0.0573. The van der Waals surface area contributed by atoms with Crippen molar-refractivity contribution in [3.8, 4) is 5.75 Å². The second kappa shape index (κ2) is 7.76. The predicted molar refractivity (Wildman–Crippen MR) is 67.1 cm³/mol. The molecule has 92 valence electrons. The lowest BCUT2D eigenvalue weighted by Crippen LogP contribution is -3.02. The molecule has 0 aliphatic heterocycles. The molecule has 0 saturated heterocycles. The summed E-state index contributed by atoms with van der Waals surface area (Å²) in [6.07, 6.45) is 0. The van der Waals surface area contributed by atoms with Crippen LogP contribution in [0.4, 0.5) is 0 Å².